The standard InChI is InChI=1S/C9H11FO.C3H5FO2/c10-6-7-11-8-9-4-2-1-3-5-9;1-2-6-3(4)5/h1-5H,6-8H2;2H2,1H3. The summed E-state index contributed by atoms with van der Waals surface area (Å²) in [6.07, 6.45) is -1.71. The van der Waals surface area contributed by atoms with Crippen LogP contribution >= 0.6 is 0 Å². The van der Waals surface area contributed by atoms with Crippen LogP contribution in [0.1, 0.15) is 12.5 Å². The van der Waals surface area contributed by atoms with Crippen molar-refractivity contribution in [2.24, 2.45) is 0 Å². The second-order valence-electron chi connectivity index (χ2n) is 2.90. The largest absolute Gasteiger partial charge is 0.495 e. The van der Waals surface area contributed by atoms with E-state index in [0.717, 1.165) is 5.56 Å². The third kappa shape index (κ3) is 10.8. The fourth-order valence-electron chi connectivity index (χ4n) is 0.932. The zero-order valence-corrected chi connectivity index (χ0v) is 9.70. The highest BCUT2D eigenvalue weighted by atomic mass is 19.1. The van der Waals surface area contributed by atoms with Crippen molar-refractivity contribution in [1.82, 2.24) is 0 Å². The van der Waals surface area contributed by atoms with Crippen molar-refractivity contribution in [2.45, 2.75) is 13.5 Å². The average Bonchev–Trinajstić information content (AvgIpc) is 2.31. The van der Waals surface area contributed by atoms with Crippen LogP contribution in [-0.4, -0.2) is 26.1 Å². The zero-order chi connectivity index (χ0) is 12.9. The molecule has 0 saturated heterocycles. The number of carbonyl (C=O) groups is 1. The molecule has 0 heterocycles. The minimum atomic E-state index is -1.71. The van der Waals surface area contributed by atoms with Gasteiger partial charge < -0.3 is 9.47 Å². The van der Waals surface area contributed by atoms with Crippen molar-refractivity contribution < 1.29 is 23.0 Å². The van der Waals surface area contributed by atoms with E-state index in [-0.39, 0.29) is 13.2 Å². The quantitative estimate of drug-likeness (QED) is 0.590. The molecule has 0 atom stereocenters. The highest BCUT2D eigenvalue weighted by Gasteiger charge is 1.89. The van der Waals surface area contributed by atoms with Gasteiger partial charge in [0.25, 0.3) is 0 Å². The fourth-order valence-corrected chi connectivity index (χ4v) is 0.932. The highest BCUT2D eigenvalue weighted by molar-refractivity contribution is 5.57. The van der Waals surface area contributed by atoms with Gasteiger partial charge in [0.2, 0.25) is 0 Å². The summed E-state index contributed by atoms with van der Waals surface area (Å²) >= 11 is 0. The van der Waals surface area contributed by atoms with E-state index in [4.69, 9.17) is 9.53 Å². The molecule has 0 radical (unpaired) electrons. The molecule has 0 spiro atoms. The van der Waals surface area contributed by atoms with Gasteiger partial charge in [-0.15, -0.1) is 4.39 Å². The van der Waals surface area contributed by atoms with E-state index in [0.29, 0.717) is 6.61 Å². The predicted octanol–water partition coefficient (Wildman–Crippen LogP) is 3.29. The van der Waals surface area contributed by atoms with Crippen LogP contribution in [0.25, 0.3) is 0 Å². The lowest BCUT2D eigenvalue weighted by molar-refractivity contribution is 0.106. The highest BCUT2D eigenvalue weighted by Crippen LogP contribution is 1.99. The third-order valence-electron chi connectivity index (χ3n) is 1.59. The molecule has 0 fully saturated rings. The van der Waals surface area contributed by atoms with Crippen LogP contribution in [0, 0.1) is 0 Å². The van der Waals surface area contributed by atoms with Gasteiger partial charge in [-0.1, -0.05) is 30.3 Å². The first-order chi connectivity index (χ1) is 8.20. The van der Waals surface area contributed by atoms with Crippen molar-refractivity contribution in [3.63, 3.8) is 0 Å². The van der Waals surface area contributed by atoms with Gasteiger partial charge in [0.05, 0.1) is 19.8 Å². The molecule has 0 saturated carbocycles. The Balaban J connectivity index is 0.000000366. The molecule has 1 aromatic rings. The minimum absolute atomic E-state index is 0.106. The number of benzene rings is 1. The maximum atomic E-state index is 11.6. The summed E-state index contributed by atoms with van der Waals surface area (Å²) in [5.41, 5.74) is 1.08. The molecule has 0 amide bonds. The first kappa shape index (κ1) is 15.5. The van der Waals surface area contributed by atoms with Crippen LogP contribution in [0.15, 0.2) is 30.3 Å². The number of ether oxygens (including phenoxy) is 2. The second-order valence-corrected chi connectivity index (χ2v) is 2.90. The first-order valence-corrected chi connectivity index (χ1v) is 5.20. The second kappa shape index (κ2) is 11.0. The molecule has 17 heavy (non-hydrogen) atoms. The lowest BCUT2D eigenvalue weighted by Crippen LogP contribution is -1.95. The minimum Gasteiger partial charge on any atom is -0.441 e. The molecule has 96 valence electrons. The topological polar surface area (TPSA) is 35.5 Å². The van der Waals surface area contributed by atoms with E-state index in [2.05, 4.69) is 4.74 Å². The summed E-state index contributed by atoms with van der Waals surface area (Å²) in [6, 6.07) is 9.73. The van der Waals surface area contributed by atoms with E-state index >= 15 is 0 Å². The van der Waals surface area contributed by atoms with Crippen LogP contribution in [-0.2, 0) is 16.1 Å². The van der Waals surface area contributed by atoms with E-state index in [1.54, 1.807) is 0 Å². The summed E-state index contributed by atoms with van der Waals surface area (Å²) < 4.78 is 31.1. The fraction of sp³-hybridized carbons (Fsp3) is 0.417. The predicted molar refractivity (Wildman–Crippen MR) is 60.2 cm³/mol. The van der Waals surface area contributed by atoms with Gasteiger partial charge in [-0.3, -0.25) is 0 Å². The van der Waals surface area contributed by atoms with E-state index in [9.17, 15) is 8.78 Å². The zero-order valence-electron chi connectivity index (χ0n) is 9.70. The molecule has 0 aromatic heterocycles. The van der Waals surface area contributed by atoms with Crippen molar-refractivity contribution >= 4 is 6.22 Å². The van der Waals surface area contributed by atoms with Crippen LogP contribution < -0.4 is 0 Å². The van der Waals surface area contributed by atoms with Crippen molar-refractivity contribution in [2.75, 3.05) is 19.9 Å². The van der Waals surface area contributed by atoms with Gasteiger partial charge in [-0.2, -0.15) is 0 Å². The maximum Gasteiger partial charge on any atom is 0.495 e. The van der Waals surface area contributed by atoms with Crippen molar-refractivity contribution in [3.8, 4) is 0 Å². The Bertz CT molecular complexity index is 291. The SMILES string of the molecule is CCOC(=O)F.FCCOCc1ccccc1. The van der Waals surface area contributed by atoms with Crippen molar-refractivity contribution in [3.05, 3.63) is 35.9 Å². The summed E-state index contributed by atoms with van der Waals surface area (Å²) in [4.78, 5) is 9.15. The molecule has 3 nitrogen and oxygen atoms in total. The number of hydrogen-bond donors (Lipinski definition) is 0. The van der Waals surface area contributed by atoms with E-state index in [1.165, 1.54) is 6.92 Å². The summed E-state index contributed by atoms with van der Waals surface area (Å²) in [6.45, 7) is 1.93. The number of carbonyl (C=O) groups excluding carboxylic acids is 1. The van der Waals surface area contributed by atoms with Crippen molar-refractivity contribution in [1.29, 1.82) is 0 Å². The average molecular weight is 246 g/mol. The number of alkyl halides is 1. The Hall–Kier alpha value is -1.49. The Kier molecular flexibility index (Phi) is 10.0. The molecule has 0 N–H and O–H groups in total. The lowest BCUT2D eigenvalue weighted by atomic mass is 10.2. The first-order valence-electron chi connectivity index (χ1n) is 5.20. The van der Waals surface area contributed by atoms with E-state index in [1.807, 2.05) is 30.3 Å². The molecular formula is C12H16F2O3. The van der Waals surface area contributed by atoms with Gasteiger partial charge in [-0.25, -0.2) is 9.18 Å². The van der Waals surface area contributed by atoms with Gasteiger partial charge in [0.15, 0.2) is 0 Å². The smallest absolute Gasteiger partial charge is 0.441 e. The van der Waals surface area contributed by atoms with Gasteiger partial charge >= 0.3 is 6.22 Å². The van der Waals surface area contributed by atoms with Gasteiger partial charge in [0, 0.05) is 0 Å². The van der Waals surface area contributed by atoms with Gasteiger partial charge in [0.1, 0.15) is 6.67 Å². The molecule has 0 aliphatic heterocycles. The molecule has 0 aliphatic carbocycles. The Morgan fingerprint density at radius 2 is 1.94 bits per heavy atom. The number of rotatable bonds is 5. The molecule has 0 unspecified atom stereocenters. The normalized spacial score (nSPS) is 9.12. The third-order valence-corrected chi connectivity index (χ3v) is 1.59. The Morgan fingerprint density at radius 1 is 1.29 bits per heavy atom. The van der Waals surface area contributed by atoms with Crippen LogP contribution in [0.3, 0.4) is 0 Å². The molecular weight excluding hydrogens is 230 g/mol. The lowest BCUT2D eigenvalue weighted by Gasteiger charge is -1.99. The van der Waals surface area contributed by atoms with E-state index < -0.39 is 12.9 Å². The summed E-state index contributed by atoms with van der Waals surface area (Å²) in [7, 11) is 0. The number of hydrogen-bond acceptors (Lipinski definition) is 3. The molecule has 0 aliphatic rings. The van der Waals surface area contributed by atoms with Crippen LogP contribution in [0.4, 0.5) is 13.6 Å². The Morgan fingerprint density at radius 3 is 2.35 bits per heavy atom. The summed E-state index contributed by atoms with van der Waals surface area (Å²) in [5, 5.41) is 0. The number of halogens is 2. The van der Waals surface area contributed by atoms with Gasteiger partial charge in [-0.05, 0) is 12.5 Å². The Labute approximate surface area is 99.3 Å². The van der Waals surface area contributed by atoms with Crippen LogP contribution in [0.5, 0.6) is 0 Å². The molecule has 1 rings (SSSR count). The maximum absolute atomic E-state index is 11.6. The monoisotopic (exact) mass is 246 g/mol. The molecule has 0 bridgehead atoms. The molecule has 5 heteroatoms. The molecule has 1 aromatic carbocycles. The van der Waals surface area contributed by atoms with Crippen LogP contribution in [0.2, 0.25) is 0 Å². The summed E-state index contributed by atoms with van der Waals surface area (Å²) in [5.74, 6) is 0.